The molecule has 0 saturated heterocycles. The quantitative estimate of drug-likeness (QED) is 0.903. The maximum atomic E-state index is 12.4. The van der Waals surface area contributed by atoms with Crippen LogP contribution in [0.3, 0.4) is 0 Å². The maximum Gasteiger partial charge on any atom is 0.416 e. The molecule has 0 bridgehead atoms. The number of carbonyl (C=O) groups is 2. The number of aliphatic carboxylic acids is 1. The number of benzene rings is 1. The molecular weight excluding hydrogens is 321 g/mol. The molecule has 0 atom stereocenters. The third-order valence-corrected chi connectivity index (χ3v) is 3.39. The Kier molecular flexibility index (Phi) is 4.45. The Bertz CT molecular complexity index is 695. The van der Waals surface area contributed by atoms with Gasteiger partial charge in [-0.15, -0.1) is 11.3 Å². The standard InChI is InChI=1S/C13H9F3N2O3S/c14-13(15,16)8-3-1-7(2-4-8)11(21)18-12-17-9(6-22-12)5-10(19)20/h1-4,6H,5H2,(H,19,20)(H,17,18,21). The predicted molar refractivity (Wildman–Crippen MR) is 72.9 cm³/mol. The first-order valence-electron chi connectivity index (χ1n) is 5.90. The molecule has 0 aliphatic heterocycles. The zero-order valence-electron chi connectivity index (χ0n) is 10.8. The summed E-state index contributed by atoms with van der Waals surface area (Å²) in [6.45, 7) is 0. The third-order valence-electron chi connectivity index (χ3n) is 2.58. The molecule has 1 aromatic carbocycles. The van der Waals surface area contributed by atoms with E-state index >= 15 is 0 Å². The highest BCUT2D eigenvalue weighted by molar-refractivity contribution is 7.14. The van der Waals surface area contributed by atoms with E-state index in [4.69, 9.17) is 5.11 Å². The number of carboxylic acid groups (broad SMARTS) is 1. The molecule has 0 saturated carbocycles. The lowest BCUT2D eigenvalue weighted by atomic mass is 10.1. The number of hydrogen-bond donors (Lipinski definition) is 2. The van der Waals surface area contributed by atoms with Crippen molar-refractivity contribution in [3.63, 3.8) is 0 Å². The molecule has 9 heteroatoms. The number of alkyl halides is 3. The Hall–Kier alpha value is -2.42. The monoisotopic (exact) mass is 330 g/mol. The minimum atomic E-state index is -4.46. The summed E-state index contributed by atoms with van der Waals surface area (Å²) in [4.78, 5) is 26.3. The lowest BCUT2D eigenvalue weighted by Crippen LogP contribution is -2.13. The van der Waals surface area contributed by atoms with Crippen LogP contribution in [0.15, 0.2) is 29.6 Å². The number of aromatic nitrogens is 1. The van der Waals surface area contributed by atoms with Crippen molar-refractivity contribution in [3.05, 3.63) is 46.5 Å². The molecule has 0 fully saturated rings. The number of carboxylic acids is 1. The van der Waals surface area contributed by atoms with Crippen LogP contribution in [0.25, 0.3) is 0 Å². The van der Waals surface area contributed by atoms with Gasteiger partial charge in [0.05, 0.1) is 17.7 Å². The van der Waals surface area contributed by atoms with Crippen molar-refractivity contribution in [2.45, 2.75) is 12.6 Å². The number of amides is 1. The van der Waals surface area contributed by atoms with Crippen LogP contribution >= 0.6 is 11.3 Å². The molecule has 22 heavy (non-hydrogen) atoms. The average molecular weight is 330 g/mol. The number of nitrogens with one attached hydrogen (secondary N) is 1. The Labute approximate surface area is 126 Å². The number of hydrogen-bond acceptors (Lipinski definition) is 4. The van der Waals surface area contributed by atoms with Crippen LogP contribution in [0.4, 0.5) is 18.3 Å². The van der Waals surface area contributed by atoms with E-state index in [9.17, 15) is 22.8 Å². The van der Waals surface area contributed by atoms with Gasteiger partial charge < -0.3 is 5.11 Å². The highest BCUT2D eigenvalue weighted by Crippen LogP contribution is 2.29. The van der Waals surface area contributed by atoms with Crippen LogP contribution in [0.2, 0.25) is 0 Å². The van der Waals surface area contributed by atoms with Gasteiger partial charge in [0.2, 0.25) is 0 Å². The molecule has 1 amide bonds. The van der Waals surface area contributed by atoms with Crippen LogP contribution in [0, 0.1) is 0 Å². The maximum absolute atomic E-state index is 12.4. The van der Waals surface area contributed by atoms with Gasteiger partial charge in [0, 0.05) is 10.9 Å². The molecule has 2 aromatic rings. The summed E-state index contributed by atoms with van der Waals surface area (Å²) in [5.41, 5.74) is -0.509. The zero-order valence-corrected chi connectivity index (χ0v) is 11.7. The summed E-state index contributed by atoms with van der Waals surface area (Å²) in [5.74, 6) is -1.67. The predicted octanol–water partition coefficient (Wildman–Crippen LogP) is 3.04. The highest BCUT2D eigenvalue weighted by Gasteiger charge is 2.30. The fourth-order valence-corrected chi connectivity index (χ4v) is 2.29. The van der Waals surface area contributed by atoms with E-state index in [0.29, 0.717) is 5.69 Å². The number of rotatable bonds is 4. The summed E-state index contributed by atoms with van der Waals surface area (Å²) in [5, 5.41) is 12.7. The summed E-state index contributed by atoms with van der Waals surface area (Å²) in [7, 11) is 0. The summed E-state index contributed by atoms with van der Waals surface area (Å²) in [6, 6.07) is 3.74. The number of thiazole rings is 1. The van der Waals surface area contributed by atoms with Crippen molar-refractivity contribution >= 4 is 28.3 Å². The molecule has 0 aliphatic rings. The van der Waals surface area contributed by atoms with Crippen LogP contribution in [-0.2, 0) is 17.4 Å². The Balaban J connectivity index is 2.06. The summed E-state index contributed by atoms with van der Waals surface area (Å²) >= 11 is 1.04. The van der Waals surface area contributed by atoms with Gasteiger partial charge in [-0.3, -0.25) is 14.9 Å². The van der Waals surface area contributed by atoms with E-state index in [1.807, 2.05) is 0 Å². The normalized spacial score (nSPS) is 11.2. The first kappa shape index (κ1) is 16.0. The molecule has 0 radical (unpaired) electrons. The van der Waals surface area contributed by atoms with Crippen LogP contribution < -0.4 is 5.32 Å². The van der Waals surface area contributed by atoms with Crippen LogP contribution in [0.5, 0.6) is 0 Å². The van der Waals surface area contributed by atoms with Crippen molar-refractivity contribution in [1.82, 2.24) is 4.98 Å². The van der Waals surface area contributed by atoms with Gasteiger partial charge in [-0.1, -0.05) is 0 Å². The van der Waals surface area contributed by atoms with Gasteiger partial charge in [-0.2, -0.15) is 13.2 Å². The minimum absolute atomic E-state index is 0.0444. The second kappa shape index (κ2) is 6.14. The van der Waals surface area contributed by atoms with Gasteiger partial charge >= 0.3 is 12.1 Å². The molecule has 116 valence electrons. The van der Waals surface area contributed by atoms with Crippen LogP contribution in [0.1, 0.15) is 21.6 Å². The molecule has 0 spiro atoms. The van der Waals surface area contributed by atoms with E-state index in [-0.39, 0.29) is 17.1 Å². The van der Waals surface area contributed by atoms with Gasteiger partial charge in [0.1, 0.15) is 0 Å². The summed E-state index contributed by atoms with van der Waals surface area (Å²) < 4.78 is 37.3. The van der Waals surface area contributed by atoms with Crippen LogP contribution in [-0.4, -0.2) is 22.0 Å². The largest absolute Gasteiger partial charge is 0.481 e. The highest BCUT2D eigenvalue weighted by atomic mass is 32.1. The van der Waals surface area contributed by atoms with E-state index < -0.39 is 23.6 Å². The van der Waals surface area contributed by atoms with Gasteiger partial charge in [0.25, 0.3) is 5.91 Å². The van der Waals surface area contributed by atoms with Gasteiger partial charge in [-0.25, -0.2) is 4.98 Å². The molecule has 2 N–H and O–H groups in total. The lowest BCUT2D eigenvalue weighted by molar-refractivity contribution is -0.138. The Morgan fingerprint density at radius 1 is 1.23 bits per heavy atom. The topological polar surface area (TPSA) is 79.3 Å². The number of halogens is 3. The van der Waals surface area contributed by atoms with Crippen molar-refractivity contribution < 1.29 is 27.9 Å². The third kappa shape index (κ3) is 4.04. The second-order valence-electron chi connectivity index (χ2n) is 4.24. The van der Waals surface area contributed by atoms with Crippen molar-refractivity contribution in [2.24, 2.45) is 0 Å². The van der Waals surface area contributed by atoms with E-state index in [1.54, 1.807) is 0 Å². The first-order chi connectivity index (χ1) is 10.3. The van der Waals surface area contributed by atoms with Gasteiger partial charge in [0.15, 0.2) is 5.13 Å². The molecule has 0 unspecified atom stereocenters. The number of anilines is 1. The molecule has 0 aliphatic carbocycles. The SMILES string of the molecule is O=C(O)Cc1csc(NC(=O)c2ccc(C(F)(F)F)cc2)n1. The van der Waals surface area contributed by atoms with E-state index in [2.05, 4.69) is 10.3 Å². The molecule has 1 heterocycles. The van der Waals surface area contributed by atoms with E-state index in [1.165, 1.54) is 5.38 Å². The second-order valence-corrected chi connectivity index (χ2v) is 5.10. The van der Waals surface area contributed by atoms with Crippen molar-refractivity contribution in [3.8, 4) is 0 Å². The minimum Gasteiger partial charge on any atom is -0.481 e. The first-order valence-corrected chi connectivity index (χ1v) is 6.78. The Morgan fingerprint density at radius 3 is 2.41 bits per heavy atom. The van der Waals surface area contributed by atoms with Crippen molar-refractivity contribution in [1.29, 1.82) is 0 Å². The smallest absolute Gasteiger partial charge is 0.416 e. The Morgan fingerprint density at radius 2 is 1.86 bits per heavy atom. The molecule has 2 rings (SSSR count). The van der Waals surface area contributed by atoms with E-state index in [0.717, 1.165) is 35.6 Å². The lowest BCUT2D eigenvalue weighted by Gasteiger charge is -2.07. The van der Waals surface area contributed by atoms with Gasteiger partial charge in [-0.05, 0) is 24.3 Å². The fraction of sp³-hybridized carbons (Fsp3) is 0.154. The average Bonchev–Trinajstić information content (AvgIpc) is 2.84. The molecule has 5 nitrogen and oxygen atoms in total. The van der Waals surface area contributed by atoms with Crippen molar-refractivity contribution in [2.75, 3.05) is 5.32 Å². The molecule has 1 aromatic heterocycles. The molecular formula is C13H9F3N2O3S. The number of nitrogens with zero attached hydrogens (tertiary/aromatic N) is 1. The number of carbonyl (C=O) groups excluding carboxylic acids is 1. The zero-order chi connectivity index (χ0) is 16.3. The summed E-state index contributed by atoms with van der Waals surface area (Å²) in [6.07, 6.45) is -4.73. The fourth-order valence-electron chi connectivity index (χ4n) is 1.58.